The quantitative estimate of drug-likeness (QED) is 0.257. The van der Waals surface area contributed by atoms with Crippen LogP contribution in [-0.2, 0) is 11.3 Å². The summed E-state index contributed by atoms with van der Waals surface area (Å²) in [4.78, 5) is 26.7. The standard InChI is InChI=1S/C33H33N3O4/c1-21-7-3-12-30(22(21)2)40-14-6-13-31(37)36-20-25-16-28(25)32-27(10-5-11-29(32)36)26-17-34-35(19-26)18-23-8-4-9-24(15-23)33(38)39/h3-5,7-12,15,17,19,25,28H,6,13-14,16,18,20H2,1-2H3,(H,38,39)/t25-,28-/m1/s1. The van der Waals surface area contributed by atoms with E-state index in [-0.39, 0.29) is 11.5 Å². The molecular formula is C33H33N3O4. The molecule has 1 aliphatic heterocycles. The first-order chi connectivity index (χ1) is 19.4. The van der Waals surface area contributed by atoms with Gasteiger partial charge in [0.25, 0.3) is 0 Å². The van der Waals surface area contributed by atoms with Gasteiger partial charge < -0.3 is 14.7 Å². The number of carbonyl (C=O) groups is 2. The Morgan fingerprint density at radius 1 is 1.07 bits per heavy atom. The van der Waals surface area contributed by atoms with Gasteiger partial charge in [-0.15, -0.1) is 0 Å². The molecular weight excluding hydrogens is 502 g/mol. The number of aromatic nitrogens is 2. The van der Waals surface area contributed by atoms with Gasteiger partial charge in [0.1, 0.15) is 5.75 Å². The van der Waals surface area contributed by atoms with E-state index in [0.717, 1.165) is 46.7 Å². The molecule has 0 spiro atoms. The number of benzene rings is 3. The van der Waals surface area contributed by atoms with E-state index in [1.54, 1.807) is 18.2 Å². The Kier molecular flexibility index (Phi) is 6.88. The Morgan fingerprint density at radius 2 is 1.90 bits per heavy atom. The predicted octanol–water partition coefficient (Wildman–Crippen LogP) is 6.22. The third-order valence-electron chi connectivity index (χ3n) is 8.20. The van der Waals surface area contributed by atoms with E-state index in [1.165, 1.54) is 11.1 Å². The minimum Gasteiger partial charge on any atom is -0.493 e. The zero-order valence-corrected chi connectivity index (χ0v) is 22.8. The van der Waals surface area contributed by atoms with Crippen molar-refractivity contribution in [2.45, 2.75) is 45.6 Å². The molecule has 1 aromatic heterocycles. The summed E-state index contributed by atoms with van der Waals surface area (Å²) in [5.41, 5.74) is 7.87. The van der Waals surface area contributed by atoms with Crippen molar-refractivity contribution in [2.24, 2.45) is 5.92 Å². The number of rotatable bonds is 9. The molecule has 0 bridgehead atoms. The van der Waals surface area contributed by atoms with Crippen LogP contribution in [0.15, 0.2) is 73.1 Å². The minimum absolute atomic E-state index is 0.141. The van der Waals surface area contributed by atoms with Crippen LogP contribution in [0, 0.1) is 19.8 Å². The predicted molar refractivity (Wildman–Crippen MR) is 154 cm³/mol. The molecule has 7 nitrogen and oxygen atoms in total. The van der Waals surface area contributed by atoms with Gasteiger partial charge in [-0.05, 0) is 90.6 Å². The fraction of sp³-hybridized carbons (Fsp3) is 0.303. The molecule has 4 aromatic rings. The zero-order chi connectivity index (χ0) is 27.8. The molecule has 1 N–H and O–H groups in total. The summed E-state index contributed by atoms with van der Waals surface area (Å²) in [6, 6.07) is 19.2. The lowest BCUT2D eigenvalue weighted by Gasteiger charge is -2.30. The van der Waals surface area contributed by atoms with Crippen molar-refractivity contribution in [3.05, 3.63) is 101 Å². The van der Waals surface area contributed by atoms with Crippen LogP contribution in [0.25, 0.3) is 11.1 Å². The van der Waals surface area contributed by atoms with Crippen molar-refractivity contribution < 1.29 is 19.4 Å². The van der Waals surface area contributed by atoms with E-state index in [2.05, 4.69) is 37.1 Å². The number of fused-ring (bicyclic) bond motifs is 3. The summed E-state index contributed by atoms with van der Waals surface area (Å²) in [5, 5.41) is 13.9. The summed E-state index contributed by atoms with van der Waals surface area (Å²) >= 11 is 0. The molecule has 3 aromatic carbocycles. The molecule has 6 rings (SSSR count). The molecule has 0 unspecified atom stereocenters. The maximum Gasteiger partial charge on any atom is 0.335 e. The van der Waals surface area contributed by atoms with Gasteiger partial charge in [-0.25, -0.2) is 4.79 Å². The second-order valence-corrected chi connectivity index (χ2v) is 10.9. The number of aromatic carboxylic acids is 1. The van der Waals surface area contributed by atoms with Crippen molar-refractivity contribution in [1.29, 1.82) is 0 Å². The number of hydrogen-bond donors (Lipinski definition) is 1. The van der Waals surface area contributed by atoms with Crippen molar-refractivity contribution >= 4 is 17.6 Å². The van der Waals surface area contributed by atoms with E-state index < -0.39 is 5.97 Å². The molecule has 7 heteroatoms. The largest absolute Gasteiger partial charge is 0.493 e. The average Bonchev–Trinajstić information content (AvgIpc) is 3.61. The van der Waals surface area contributed by atoms with Crippen LogP contribution in [0.3, 0.4) is 0 Å². The molecule has 0 radical (unpaired) electrons. The van der Waals surface area contributed by atoms with E-state index in [9.17, 15) is 14.7 Å². The first kappa shape index (κ1) is 25.9. The highest BCUT2D eigenvalue weighted by molar-refractivity contribution is 5.97. The minimum atomic E-state index is -0.939. The summed E-state index contributed by atoms with van der Waals surface area (Å²) in [6.45, 7) is 5.90. The first-order valence-electron chi connectivity index (χ1n) is 13.9. The summed E-state index contributed by atoms with van der Waals surface area (Å²) < 4.78 is 7.82. The lowest BCUT2D eigenvalue weighted by Crippen LogP contribution is -2.36. The normalized spacial score (nSPS) is 17.2. The van der Waals surface area contributed by atoms with Gasteiger partial charge in [0, 0.05) is 30.4 Å². The van der Waals surface area contributed by atoms with Gasteiger partial charge >= 0.3 is 5.97 Å². The van der Waals surface area contributed by atoms with Gasteiger partial charge in [-0.3, -0.25) is 9.48 Å². The fourth-order valence-electron chi connectivity index (χ4n) is 5.80. The number of aryl methyl sites for hydroxylation is 1. The Balaban J connectivity index is 1.16. The van der Waals surface area contributed by atoms with Crippen LogP contribution < -0.4 is 9.64 Å². The second-order valence-electron chi connectivity index (χ2n) is 10.9. The SMILES string of the molecule is Cc1cccc(OCCCC(=O)N2C[C@H]3C[C@H]3c3c(-c4cnn(Cc5cccc(C(=O)O)c5)c4)cccc32)c1C. The molecule has 1 amide bonds. The van der Waals surface area contributed by atoms with Crippen LogP contribution in [0.4, 0.5) is 5.69 Å². The highest BCUT2D eigenvalue weighted by Gasteiger charge is 2.47. The number of carboxylic acids is 1. The molecule has 0 saturated heterocycles. The average molecular weight is 536 g/mol. The summed E-state index contributed by atoms with van der Waals surface area (Å²) in [5.74, 6) is 1.06. The number of anilines is 1. The summed E-state index contributed by atoms with van der Waals surface area (Å²) in [7, 11) is 0. The Bertz CT molecular complexity index is 1590. The van der Waals surface area contributed by atoms with Gasteiger partial charge in [-0.1, -0.05) is 36.4 Å². The van der Waals surface area contributed by atoms with Crippen LogP contribution in [-0.4, -0.2) is 39.9 Å². The Hall–Kier alpha value is -4.39. The number of hydrogen-bond acceptors (Lipinski definition) is 4. The highest BCUT2D eigenvalue weighted by Crippen LogP contribution is 2.57. The van der Waals surface area contributed by atoms with E-state index >= 15 is 0 Å². The maximum absolute atomic E-state index is 13.4. The number of carboxylic acid groups (broad SMARTS) is 1. The number of nitrogens with zero attached hydrogens (tertiary/aromatic N) is 3. The third-order valence-corrected chi connectivity index (χ3v) is 8.20. The smallest absolute Gasteiger partial charge is 0.335 e. The molecule has 40 heavy (non-hydrogen) atoms. The number of amides is 1. The van der Waals surface area contributed by atoms with Crippen molar-refractivity contribution in [3.8, 4) is 16.9 Å². The second kappa shape index (κ2) is 10.6. The van der Waals surface area contributed by atoms with Gasteiger partial charge in [0.05, 0.1) is 24.9 Å². The van der Waals surface area contributed by atoms with Crippen LogP contribution >= 0.6 is 0 Å². The topological polar surface area (TPSA) is 84.7 Å². The lowest BCUT2D eigenvalue weighted by molar-refractivity contribution is -0.119. The summed E-state index contributed by atoms with van der Waals surface area (Å²) in [6.07, 6.45) is 6.08. The van der Waals surface area contributed by atoms with E-state index in [1.807, 2.05) is 46.2 Å². The van der Waals surface area contributed by atoms with Crippen molar-refractivity contribution in [2.75, 3.05) is 18.1 Å². The molecule has 1 fully saturated rings. The fourth-order valence-corrected chi connectivity index (χ4v) is 5.80. The van der Waals surface area contributed by atoms with Crippen molar-refractivity contribution in [3.63, 3.8) is 0 Å². The molecule has 1 aliphatic carbocycles. The Labute approximate surface area is 234 Å². The van der Waals surface area contributed by atoms with E-state index in [4.69, 9.17) is 4.74 Å². The van der Waals surface area contributed by atoms with Gasteiger partial charge in [0.15, 0.2) is 0 Å². The molecule has 2 atom stereocenters. The lowest BCUT2D eigenvalue weighted by atomic mass is 9.92. The maximum atomic E-state index is 13.4. The van der Waals surface area contributed by atoms with Crippen LogP contribution in [0.1, 0.15) is 57.8 Å². The van der Waals surface area contributed by atoms with Gasteiger partial charge in [-0.2, -0.15) is 5.10 Å². The zero-order valence-electron chi connectivity index (χ0n) is 22.8. The van der Waals surface area contributed by atoms with Crippen LogP contribution in [0.5, 0.6) is 5.75 Å². The highest BCUT2D eigenvalue weighted by atomic mass is 16.5. The number of ether oxygens (including phenoxy) is 1. The van der Waals surface area contributed by atoms with E-state index in [0.29, 0.717) is 37.8 Å². The number of carbonyl (C=O) groups excluding carboxylic acids is 1. The molecule has 1 saturated carbocycles. The Morgan fingerprint density at radius 3 is 2.75 bits per heavy atom. The molecule has 204 valence electrons. The van der Waals surface area contributed by atoms with Crippen molar-refractivity contribution in [1.82, 2.24) is 9.78 Å². The molecule has 2 heterocycles. The monoisotopic (exact) mass is 535 g/mol. The van der Waals surface area contributed by atoms with Gasteiger partial charge in [0.2, 0.25) is 5.91 Å². The third kappa shape index (κ3) is 5.11. The van der Waals surface area contributed by atoms with Crippen LogP contribution in [0.2, 0.25) is 0 Å². The molecule has 2 aliphatic rings. The first-order valence-corrected chi connectivity index (χ1v) is 13.9.